The minimum absolute atomic E-state index is 0.0630. The van der Waals surface area contributed by atoms with Gasteiger partial charge in [-0.2, -0.15) is 0 Å². The van der Waals surface area contributed by atoms with E-state index in [1.54, 1.807) is 0 Å². The number of unbranched alkanes of at least 4 members (excludes halogenated alkanes) is 43. The van der Waals surface area contributed by atoms with E-state index in [-0.39, 0.29) is 31.1 Å². The van der Waals surface area contributed by atoms with Gasteiger partial charge in [0.15, 0.2) is 6.10 Å². The third-order valence-electron chi connectivity index (χ3n) is 13.4. The highest BCUT2D eigenvalue weighted by molar-refractivity contribution is 5.71. The van der Waals surface area contributed by atoms with Gasteiger partial charge in [0.05, 0.1) is 0 Å². The summed E-state index contributed by atoms with van der Waals surface area (Å²) in [6.07, 6.45) is 60.2. The number of hydrogen-bond acceptors (Lipinski definition) is 6. The Kier molecular flexibility index (Phi) is 52.7. The van der Waals surface area contributed by atoms with Crippen LogP contribution >= 0.6 is 0 Å². The summed E-state index contributed by atoms with van der Waals surface area (Å²) in [6, 6.07) is 0. The van der Waals surface area contributed by atoms with Crippen LogP contribution in [0.1, 0.15) is 335 Å². The van der Waals surface area contributed by atoms with Crippen LogP contribution in [0.25, 0.3) is 0 Å². The van der Waals surface area contributed by atoms with E-state index in [0.717, 1.165) is 64.2 Å². The van der Waals surface area contributed by atoms with Crippen LogP contribution in [0.3, 0.4) is 0 Å². The molecule has 0 saturated carbocycles. The summed E-state index contributed by atoms with van der Waals surface area (Å²) in [6.45, 7) is 6.61. The Bertz CT molecular complexity index is 951. The molecule has 0 aliphatic carbocycles. The molecule has 0 aromatic heterocycles. The van der Waals surface area contributed by atoms with E-state index in [1.807, 2.05) is 0 Å². The van der Waals surface area contributed by atoms with Crippen molar-refractivity contribution in [3.8, 4) is 0 Å². The quantitative estimate of drug-likeness (QED) is 0.0344. The average molecular weight is 906 g/mol. The van der Waals surface area contributed by atoms with E-state index in [9.17, 15) is 14.4 Å². The summed E-state index contributed by atoms with van der Waals surface area (Å²) in [4.78, 5) is 37.7. The molecule has 1 unspecified atom stereocenters. The van der Waals surface area contributed by atoms with Crippen molar-refractivity contribution in [1.29, 1.82) is 0 Å². The molecular weight excluding hydrogens is 793 g/mol. The molecule has 1 atom stereocenters. The first-order chi connectivity index (χ1) is 31.5. The number of esters is 3. The van der Waals surface area contributed by atoms with Crippen LogP contribution in [0.4, 0.5) is 0 Å². The van der Waals surface area contributed by atoms with Crippen molar-refractivity contribution in [3.63, 3.8) is 0 Å². The fourth-order valence-electron chi connectivity index (χ4n) is 8.98. The third-order valence-corrected chi connectivity index (χ3v) is 13.4. The van der Waals surface area contributed by atoms with Crippen molar-refractivity contribution in [2.75, 3.05) is 13.2 Å². The second-order valence-electron chi connectivity index (χ2n) is 19.9. The standard InChI is InChI=1S/C58H112O6/c1-4-7-10-13-15-17-19-21-22-23-24-25-26-27-28-29-30-31-32-33-34-35-37-38-40-42-45-48-51-57(60)63-54-55(53-62-56(59)50-47-44-12-9-6-3)64-58(61)52-49-46-43-41-39-36-20-18-16-14-11-8-5-2/h55H,4-54H2,1-3H3. The first kappa shape index (κ1) is 62.4. The van der Waals surface area contributed by atoms with E-state index in [0.29, 0.717) is 19.3 Å². The summed E-state index contributed by atoms with van der Waals surface area (Å²) in [5, 5.41) is 0. The molecular formula is C58H112O6. The van der Waals surface area contributed by atoms with E-state index in [4.69, 9.17) is 14.2 Å². The van der Waals surface area contributed by atoms with Gasteiger partial charge in [0, 0.05) is 19.3 Å². The Hall–Kier alpha value is -1.59. The fraction of sp³-hybridized carbons (Fsp3) is 0.948. The first-order valence-corrected chi connectivity index (χ1v) is 29.0. The maximum atomic E-state index is 12.7. The zero-order valence-electron chi connectivity index (χ0n) is 43.6. The Labute approximate surface area is 399 Å². The monoisotopic (exact) mass is 905 g/mol. The van der Waals surface area contributed by atoms with Crippen molar-refractivity contribution < 1.29 is 28.6 Å². The molecule has 0 heterocycles. The highest BCUT2D eigenvalue weighted by Crippen LogP contribution is 2.18. The topological polar surface area (TPSA) is 78.9 Å². The van der Waals surface area contributed by atoms with Gasteiger partial charge in [0.2, 0.25) is 0 Å². The maximum Gasteiger partial charge on any atom is 0.306 e. The summed E-state index contributed by atoms with van der Waals surface area (Å²) in [5.74, 6) is -0.855. The van der Waals surface area contributed by atoms with Crippen molar-refractivity contribution in [3.05, 3.63) is 0 Å². The van der Waals surface area contributed by atoms with Crippen molar-refractivity contribution in [2.24, 2.45) is 0 Å². The average Bonchev–Trinajstić information content (AvgIpc) is 3.29. The van der Waals surface area contributed by atoms with E-state index < -0.39 is 6.10 Å². The Morgan fingerprint density at radius 3 is 0.625 bits per heavy atom. The summed E-state index contributed by atoms with van der Waals surface area (Å²) in [7, 11) is 0. The minimum Gasteiger partial charge on any atom is -0.462 e. The Morgan fingerprint density at radius 2 is 0.422 bits per heavy atom. The van der Waals surface area contributed by atoms with Gasteiger partial charge < -0.3 is 14.2 Å². The van der Waals surface area contributed by atoms with Crippen molar-refractivity contribution in [1.82, 2.24) is 0 Å². The molecule has 0 aliphatic heterocycles. The van der Waals surface area contributed by atoms with Crippen molar-refractivity contribution >= 4 is 17.9 Å². The predicted molar refractivity (Wildman–Crippen MR) is 275 cm³/mol. The van der Waals surface area contributed by atoms with Crippen LogP contribution in [0, 0.1) is 0 Å². The lowest BCUT2D eigenvalue weighted by molar-refractivity contribution is -0.167. The molecule has 6 heteroatoms. The highest BCUT2D eigenvalue weighted by atomic mass is 16.6. The van der Waals surface area contributed by atoms with Crippen LogP contribution in [0.2, 0.25) is 0 Å². The molecule has 0 aromatic carbocycles. The molecule has 0 saturated heterocycles. The lowest BCUT2D eigenvalue weighted by Gasteiger charge is -2.18. The van der Waals surface area contributed by atoms with Crippen LogP contribution < -0.4 is 0 Å². The molecule has 0 spiro atoms. The molecule has 0 fully saturated rings. The van der Waals surface area contributed by atoms with Crippen LogP contribution in [0.15, 0.2) is 0 Å². The molecule has 380 valence electrons. The maximum absolute atomic E-state index is 12.7. The molecule has 6 nitrogen and oxygen atoms in total. The molecule has 0 aromatic rings. The lowest BCUT2D eigenvalue weighted by Crippen LogP contribution is -2.30. The normalized spacial score (nSPS) is 11.9. The van der Waals surface area contributed by atoms with E-state index >= 15 is 0 Å². The van der Waals surface area contributed by atoms with E-state index in [2.05, 4.69) is 20.8 Å². The Morgan fingerprint density at radius 1 is 0.250 bits per heavy atom. The van der Waals surface area contributed by atoms with Crippen molar-refractivity contribution in [2.45, 2.75) is 341 Å². The number of rotatable bonds is 54. The Balaban J connectivity index is 3.90. The minimum atomic E-state index is -0.758. The van der Waals surface area contributed by atoms with Gasteiger partial charge in [-0.1, -0.05) is 297 Å². The lowest BCUT2D eigenvalue weighted by atomic mass is 10.0. The van der Waals surface area contributed by atoms with Gasteiger partial charge in [0.25, 0.3) is 0 Å². The molecule has 0 radical (unpaired) electrons. The zero-order chi connectivity index (χ0) is 46.5. The molecule has 0 aliphatic rings. The molecule has 0 N–H and O–H groups in total. The van der Waals surface area contributed by atoms with E-state index in [1.165, 1.54) is 231 Å². The van der Waals surface area contributed by atoms with Crippen LogP contribution in [0.5, 0.6) is 0 Å². The molecule has 64 heavy (non-hydrogen) atoms. The van der Waals surface area contributed by atoms with Crippen LogP contribution in [-0.2, 0) is 28.6 Å². The summed E-state index contributed by atoms with van der Waals surface area (Å²) >= 11 is 0. The van der Waals surface area contributed by atoms with Crippen LogP contribution in [-0.4, -0.2) is 37.2 Å². The fourth-order valence-corrected chi connectivity index (χ4v) is 8.98. The second kappa shape index (κ2) is 54.0. The predicted octanol–water partition coefficient (Wildman–Crippen LogP) is 19.2. The number of ether oxygens (including phenoxy) is 3. The van der Waals surface area contributed by atoms with Gasteiger partial charge >= 0.3 is 17.9 Å². The molecule has 0 amide bonds. The summed E-state index contributed by atoms with van der Waals surface area (Å²) in [5.41, 5.74) is 0. The SMILES string of the molecule is CCCCCCCCCCCCCCCCCCCCCCCCCCCCCCC(=O)OCC(COC(=O)CCCCCCC)OC(=O)CCCCCCCCCCCCCCC. The van der Waals surface area contributed by atoms with Gasteiger partial charge in [0.1, 0.15) is 13.2 Å². The first-order valence-electron chi connectivity index (χ1n) is 29.0. The second-order valence-corrected chi connectivity index (χ2v) is 19.9. The largest absolute Gasteiger partial charge is 0.462 e. The van der Waals surface area contributed by atoms with Gasteiger partial charge in [-0.3, -0.25) is 14.4 Å². The van der Waals surface area contributed by atoms with Gasteiger partial charge in [-0.25, -0.2) is 0 Å². The number of hydrogen-bond donors (Lipinski definition) is 0. The molecule has 0 bridgehead atoms. The summed E-state index contributed by atoms with van der Waals surface area (Å²) < 4.78 is 16.7. The number of carbonyl (C=O) groups excluding carboxylic acids is 3. The number of carbonyl (C=O) groups is 3. The van der Waals surface area contributed by atoms with Gasteiger partial charge in [-0.05, 0) is 19.3 Å². The zero-order valence-corrected chi connectivity index (χ0v) is 43.6. The molecule has 0 rings (SSSR count). The van der Waals surface area contributed by atoms with Gasteiger partial charge in [-0.15, -0.1) is 0 Å². The third kappa shape index (κ3) is 51.4. The highest BCUT2D eigenvalue weighted by Gasteiger charge is 2.19. The smallest absolute Gasteiger partial charge is 0.306 e.